The van der Waals surface area contributed by atoms with E-state index in [9.17, 15) is 0 Å². The monoisotopic (exact) mass is 207 g/mol. The Morgan fingerprint density at radius 2 is 1.93 bits per heavy atom. The lowest BCUT2D eigenvalue weighted by atomic mass is 9.84. The van der Waals surface area contributed by atoms with Crippen molar-refractivity contribution >= 4 is 0 Å². The van der Waals surface area contributed by atoms with Crippen LogP contribution in [-0.4, -0.2) is 0 Å². The zero-order chi connectivity index (χ0) is 11.3. The average molecular weight is 207 g/mol. The maximum Gasteiger partial charge on any atom is 0.150 e. The van der Waals surface area contributed by atoms with Gasteiger partial charge in [0.2, 0.25) is 0 Å². The van der Waals surface area contributed by atoms with E-state index >= 15 is 0 Å². The molecule has 0 unspecified atom stereocenters. The first kappa shape index (κ1) is 12.1. The van der Waals surface area contributed by atoms with E-state index in [4.69, 9.17) is 10.7 Å². The fraction of sp³-hybridized carbons (Fsp3) is 0.538. The van der Waals surface area contributed by atoms with Gasteiger partial charge >= 0.3 is 0 Å². The third-order valence-corrected chi connectivity index (χ3v) is 3.13. The van der Waals surface area contributed by atoms with Crippen molar-refractivity contribution in [2.45, 2.75) is 40.0 Å². The van der Waals surface area contributed by atoms with Gasteiger partial charge in [0, 0.05) is 0 Å². The molecule has 0 aliphatic rings. The Morgan fingerprint density at radius 3 is 2.53 bits per heavy atom. The third kappa shape index (κ3) is 3.56. The first-order valence-corrected chi connectivity index (χ1v) is 5.53. The summed E-state index contributed by atoms with van der Waals surface area (Å²) >= 11 is 0. The molecule has 0 saturated heterocycles. The summed E-state index contributed by atoms with van der Waals surface area (Å²) < 4.78 is 0. The summed E-state index contributed by atoms with van der Waals surface area (Å²) in [5.41, 5.74) is 1.59. The van der Waals surface area contributed by atoms with Gasteiger partial charge in [-0.05, 0) is 29.9 Å². The molecule has 0 amide bonds. The summed E-state index contributed by atoms with van der Waals surface area (Å²) in [6.45, 7) is 6.81. The summed E-state index contributed by atoms with van der Waals surface area (Å²) in [4.78, 5) is 4.84. The molecular formula is C13H21NO. The molecule has 0 heterocycles. The molecule has 1 rings (SSSR count). The van der Waals surface area contributed by atoms with Gasteiger partial charge in [0.1, 0.15) is 5.75 Å². The van der Waals surface area contributed by atoms with Crippen LogP contribution in [0.5, 0.6) is 5.75 Å². The molecule has 2 heteroatoms. The topological polar surface area (TPSA) is 35.2 Å². The molecule has 0 bridgehead atoms. The van der Waals surface area contributed by atoms with Crippen molar-refractivity contribution in [3.05, 3.63) is 29.8 Å². The first-order valence-electron chi connectivity index (χ1n) is 5.53. The SMILES string of the molecule is CCC(C)(C)CCc1ccccc1ON. The lowest BCUT2D eigenvalue weighted by Crippen LogP contribution is -2.12. The van der Waals surface area contributed by atoms with Crippen LogP contribution in [0.4, 0.5) is 0 Å². The second-order valence-corrected chi connectivity index (χ2v) is 4.74. The van der Waals surface area contributed by atoms with Crippen LogP contribution in [-0.2, 0) is 6.42 Å². The first-order chi connectivity index (χ1) is 7.09. The predicted octanol–water partition coefficient (Wildman–Crippen LogP) is 3.31. The fourth-order valence-electron chi connectivity index (χ4n) is 1.48. The van der Waals surface area contributed by atoms with Gasteiger partial charge in [-0.25, -0.2) is 0 Å². The quantitative estimate of drug-likeness (QED) is 0.752. The van der Waals surface area contributed by atoms with Crippen molar-refractivity contribution in [3.8, 4) is 5.75 Å². The van der Waals surface area contributed by atoms with Crippen molar-refractivity contribution in [3.63, 3.8) is 0 Å². The van der Waals surface area contributed by atoms with Crippen molar-refractivity contribution in [2.75, 3.05) is 0 Å². The fourth-order valence-corrected chi connectivity index (χ4v) is 1.48. The van der Waals surface area contributed by atoms with Gasteiger partial charge in [-0.2, -0.15) is 5.90 Å². The maximum absolute atomic E-state index is 5.22. The van der Waals surface area contributed by atoms with Gasteiger partial charge in [0.05, 0.1) is 0 Å². The summed E-state index contributed by atoms with van der Waals surface area (Å²) in [5.74, 6) is 6.02. The Morgan fingerprint density at radius 1 is 1.27 bits per heavy atom. The lowest BCUT2D eigenvalue weighted by Gasteiger charge is -2.22. The second kappa shape index (κ2) is 5.17. The third-order valence-electron chi connectivity index (χ3n) is 3.13. The van der Waals surface area contributed by atoms with E-state index in [0.717, 1.165) is 18.6 Å². The highest BCUT2D eigenvalue weighted by Gasteiger charge is 2.15. The van der Waals surface area contributed by atoms with Crippen LogP contribution >= 0.6 is 0 Å². The van der Waals surface area contributed by atoms with Gasteiger partial charge in [0.25, 0.3) is 0 Å². The molecule has 1 aromatic carbocycles. The van der Waals surface area contributed by atoms with Crippen LogP contribution in [0.2, 0.25) is 0 Å². The van der Waals surface area contributed by atoms with Crippen molar-refractivity contribution in [1.82, 2.24) is 0 Å². The molecule has 2 nitrogen and oxygen atoms in total. The molecule has 84 valence electrons. The summed E-state index contributed by atoms with van der Waals surface area (Å²) in [7, 11) is 0. The molecule has 0 spiro atoms. The largest absolute Gasteiger partial charge is 0.411 e. The van der Waals surface area contributed by atoms with Gasteiger partial charge < -0.3 is 4.84 Å². The Bertz CT molecular complexity index is 307. The Hall–Kier alpha value is -1.02. The van der Waals surface area contributed by atoms with E-state index in [2.05, 4.69) is 26.8 Å². The predicted molar refractivity (Wildman–Crippen MR) is 63.7 cm³/mol. The molecule has 0 fully saturated rings. The number of aryl methyl sites for hydroxylation is 1. The Labute approximate surface area is 92.4 Å². The van der Waals surface area contributed by atoms with Crippen LogP contribution < -0.4 is 10.7 Å². The van der Waals surface area contributed by atoms with Crippen LogP contribution in [0.15, 0.2) is 24.3 Å². The number of nitrogens with two attached hydrogens (primary N) is 1. The molecule has 0 atom stereocenters. The van der Waals surface area contributed by atoms with Gasteiger partial charge in [-0.1, -0.05) is 45.4 Å². The van der Waals surface area contributed by atoms with Crippen molar-refractivity contribution < 1.29 is 4.84 Å². The minimum absolute atomic E-state index is 0.391. The second-order valence-electron chi connectivity index (χ2n) is 4.74. The smallest absolute Gasteiger partial charge is 0.150 e. The zero-order valence-corrected chi connectivity index (χ0v) is 9.92. The maximum atomic E-state index is 5.22. The Balaban J connectivity index is 2.65. The molecular weight excluding hydrogens is 186 g/mol. The minimum Gasteiger partial charge on any atom is -0.411 e. The minimum atomic E-state index is 0.391. The summed E-state index contributed by atoms with van der Waals surface area (Å²) in [5, 5.41) is 0. The number of para-hydroxylation sites is 1. The molecule has 1 aromatic rings. The van der Waals surface area contributed by atoms with E-state index in [-0.39, 0.29) is 0 Å². The van der Waals surface area contributed by atoms with E-state index < -0.39 is 0 Å². The molecule has 0 aliphatic heterocycles. The van der Waals surface area contributed by atoms with E-state index in [1.807, 2.05) is 18.2 Å². The van der Waals surface area contributed by atoms with Crippen molar-refractivity contribution in [2.24, 2.45) is 11.3 Å². The number of rotatable bonds is 5. The van der Waals surface area contributed by atoms with Gasteiger partial charge in [-0.3, -0.25) is 0 Å². The number of hydrogen-bond acceptors (Lipinski definition) is 2. The van der Waals surface area contributed by atoms with E-state index in [1.54, 1.807) is 0 Å². The standard InChI is InChI=1S/C13H21NO/c1-4-13(2,3)10-9-11-7-5-6-8-12(11)15-14/h5-8H,4,9-10,14H2,1-3H3. The van der Waals surface area contributed by atoms with Crippen LogP contribution in [0.1, 0.15) is 39.2 Å². The number of benzene rings is 1. The van der Waals surface area contributed by atoms with Gasteiger partial charge in [-0.15, -0.1) is 0 Å². The molecule has 0 aliphatic carbocycles. The highest BCUT2D eigenvalue weighted by molar-refractivity contribution is 5.33. The normalized spacial score (nSPS) is 11.5. The van der Waals surface area contributed by atoms with Crippen LogP contribution in [0, 0.1) is 5.41 Å². The van der Waals surface area contributed by atoms with E-state index in [0.29, 0.717) is 5.41 Å². The summed E-state index contributed by atoms with van der Waals surface area (Å²) in [6, 6.07) is 7.95. The van der Waals surface area contributed by atoms with Gasteiger partial charge in [0.15, 0.2) is 0 Å². The molecule has 2 N–H and O–H groups in total. The lowest BCUT2D eigenvalue weighted by molar-refractivity contribution is 0.310. The summed E-state index contributed by atoms with van der Waals surface area (Å²) in [6.07, 6.45) is 3.37. The van der Waals surface area contributed by atoms with E-state index in [1.165, 1.54) is 12.0 Å². The Kier molecular flexibility index (Phi) is 4.15. The molecule has 0 radical (unpaired) electrons. The molecule has 0 aromatic heterocycles. The van der Waals surface area contributed by atoms with Crippen molar-refractivity contribution in [1.29, 1.82) is 0 Å². The van der Waals surface area contributed by atoms with Crippen LogP contribution in [0.3, 0.4) is 0 Å². The molecule has 15 heavy (non-hydrogen) atoms. The van der Waals surface area contributed by atoms with Crippen LogP contribution in [0.25, 0.3) is 0 Å². The zero-order valence-electron chi connectivity index (χ0n) is 9.92. The average Bonchev–Trinajstić information content (AvgIpc) is 2.27. The molecule has 0 saturated carbocycles. The number of hydrogen-bond donors (Lipinski definition) is 1. The highest BCUT2D eigenvalue weighted by Crippen LogP contribution is 2.28. The highest BCUT2D eigenvalue weighted by atomic mass is 16.6.